The van der Waals surface area contributed by atoms with Gasteiger partial charge in [0.1, 0.15) is 0 Å². The summed E-state index contributed by atoms with van der Waals surface area (Å²) in [7, 11) is 1.72. The van der Waals surface area contributed by atoms with Crippen LogP contribution in [-0.2, 0) is 9.47 Å². The molecule has 0 aromatic carbocycles. The second-order valence-corrected chi connectivity index (χ2v) is 4.13. The first-order valence-corrected chi connectivity index (χ1v) is 5.74. The summed E-state index contributed by atoms with van der Waals surface area (Å²) >= 11 is 0. The highest BCUT2D eigenvalue weighted by atomic mass is 16.5. The predicted molar refractivity (Wildman–Crippen MR) is 58.9 cm³/mol. The molecule has 90 valence electrons. The van der Waals surface area contributed by atoms with Crippen molar-refractivity contribution >= 4 is 0 Å². The summed E-state index contributed by atoms with van der Waals surface area (Å²) in [6.07, 6.45) is 1.96. The maximum absolute atomic E-state index is 9.12. The molecule has 0 aliphatic heterocycles. The summed E-state index contributed by atoms with van der Waals surface area (Å²) in [6.45, 7) is 5.38. The predicted octanol–water partition coefficient (Wildman–Crippen LogP) is 0.539. The van der Waals surface area contributed by atoms with Crippen LogP contribution in [0.15, 0.2) is 0 Å². The van der Waals surface area contributed by atoms with Crippen LogP contribution in [-0.4, -0.2) is 49.7 Å². The molecule has 1 aliphatic carbocycles. The van der Waals surface area contributed by atoms with E-state index < -0.39 is 0 Å². The van der Waals surface area contributed by atoms with Gasteiger partial charge in [0.25, 0.3) is 0 Å². The summed E-state index contributed by atoms with van der Waals surface area (Å²) in [6, 6.07) is 0.380. The maximum atomic E-state index is 9.12. The fourth-order valence-corrected chi connectivity index (χ4v) is 1.95. The Morgan fingerprint density at radius 3 is 2.80 bits per heavy atom. The Bertz CT molecular complexity index is 175. The van der Waals surface area contributed by atoms with Gasteiger partial charge in [0.15, 0.2) is 0 Å². The van der Waals surface area contributed by atoms with Crippen LogP contribution in [0, 0.1) is 0 Å². The van der Waals surface area contributed by atoms with Crippen LogP contribution in [0.3, 0.4) is 0 Å². The maximum Gasteiger partial charge on any atom is 0.0986 e. The van der Waals surface area contributed by atoms with Crippen molar-refractivity contribution in [2.75, 3.05) is 20.3 Å². The summed E-state index contributed by atoms with van der Waals surface area (Å²) in [5, 5.41) is 12.5. The molecule has 2 N–H and O–H groups in total. The quantitative estimate of drug-likeness (QED) is 0.653. The van der Waals surface area contributed by atoms with Gasteiger partial charge in [-0.15, -0.1) is 0 Å². The lowest BCUT2D eigenvalue weighted by atomic mass is 9.85. The average molecular weight is 217 g/mol. The van der Waals surface area contributed by atoms with Crippen LogP contribution in [0.5, 0.6) is 0 Å². The van der Waals surface area contributed by atoms with Gasteiger partial charge in [-0.3, -0.25) is 0 Å². The molecule has 1 saturated carbocycles. The number of aliphatic hydroxyl groups excluding tert-OH is 1. The van der Waals surface area contributed by atoms with E-state index in [2.05, 4.69) is 5.32 Å². The third kappa shape index (κ3) is 3.72. The lowest BCUT2D eigenvalue weighted by molar-refractivity contribution is -0.131. The summed E-state index contributed by atoms with van der Waals surface area (Å²) in [5.41, 5.74) is 0. The average Bonchev–Trinajstić information content (AvgIpc) is 2.15. The highest BCUT2D eigenvalue weighted by molar-refractivity contribution is 4.96. The van der Waals surface area contributed by atoms with Crippen molar-refractivity contribution in [2.45, 2.75) is 51.0 Å². The molecule has 0 spiro atoms. The van der Waals surface area contributed by atoms with Crippen molar-refractivity contribution in [3.63, 3.8) is 0 Å². The lowest BCUT2D eigenvalue weighted by Gasteiger charge is -2.43. The smallest absolute Gasteiger partial charge is 0.0986 e. The number of aliphatic hydroxyl groups is 1. The van der Waals surface area contributed by atoms with Gasteiger partial charge in [-0.1, -0.05) is 0 Å². The van der Waals surface area contributed by atoms with E-state index in [-0.39, 0.29) is 18.3 Å². The molecule has 1 aliphatic rings. The first-order chi connectivity index (χ1) is 7.19. The fraction of sp³-hybridized carbons (Fsp3) is 1.00. The lowest BCUT2D eigenvalue weighted by Crippen LogP contribution is -2.60. The van der Waals surface area contributed by atoms with Gasteiger partial charge < -0.3 is 19.9 Å². The molecule has 0 amide bonds. The van der Waals surface area contributed by atoms with Gasteiger partial charge in [0.2, 0.25) is 0 Å². The number of nitrogens with one attached hydrogen (secondary N) is 1. The molecule has 0 radical (unpaired) electrons. The van der Waals surface area contributed by atoms with Crippen molar-refractivity contribution in [3.8, 4) is 0 Å². The summed E-state index contributed by atoms with van der Waals surface area (Å²) < 4.78 is 10.9. The zero-order chi connectivity index (χ0) is 11.3. The molecule has 4 nitrogen and oxygen atoms in total. The highest BCUT2D eigenvalue weighted by Crippen LogP contribution is 2.26. The monoisotopic (exact) mass is 217 g/mol. The zero-order valence-electron chi connectivity index (χ0n) is 9.90. The van der Waals surface area contributed by atoms with Crippen molar-refractivity contribution in [1.82, 2.24) is 5.32 Å². The van der Waals surface area contributed by atoms with Crippen molar-refractivity contribution in [1.29, 1.82) is 0 Å². The van der Waals surface area contributed by atoms with Crippen molar-refractivity contribution < 1.29 is 14.6 Å². The van der Waals surface area contributed by atoms with E-state index >= 15 is 0 Å². The van der Waals surface area contributed by atoms with Gasteiger partial charge in [0, 0.05) is 19.8 Å². The van der Waals surface area contributed by atoms with E-state index in [1.807, 2.05) is 6.92 Å². The molecule has 0 aromatic heterocycles. The van der Waals surface area contributed by atoms with Gasteiger partial charge >= 0.3 is 0 Å². The van der Waals surface area contributed by atoms with Crippen LogP contribution in [0.25, 0.3) is 0 Å². The molecule has 15 heavy (non-hydrogen) atoms. The number of hydrogen-bond donors (Lipinski definition) is 2. The third-order valence-corrected chi connectivity index (χ3v) is 2.87. The summed E-state index contributed by atoms with van der Waals surface area (Å²) in [5.74, 6) is 0. The number of ether oxygens (including phenoxy) is 2. The minimum atomic E-state index is -0.235. The van der Waals surface area contributed by atoms with E-state index in [1.54, 1.807) is 14.0 Å². The molecule has 0 aromatic rings. The van der Waals surface area contributed by atoms with Gasteiger partial charge in [-0.2, -0.15) is 0 Å². The van der Waals surface area contributed by atoms with E-state index in [4.69, 9.17) is 14.6 Å². The van der Waals surface area contributed by atoms with Crippen molar-refractivity contribution in [3.05, 3.63) is 0 Å². The Labute approximate surface area is 92.0 Å². The van der Waals surface area contributed by atoms with Crippen LogP contribution >= 0.6 is 0 Å². The zero-order valence-corrected chi connectivity index (χ0v) is 9.90. The summed E-state index contributed by atoms with van der Waals surface area (Å²) in [4.78, 5) is 0. The third-order valence-electron chi connectivity index (χ3n) is 2.87. The van der Waals surface area contributed by atoms with E-state index in [0.717, 1.165) is 26.0 Å². The topological polar surface area (TPSA) is 50.7 Å². The van der Waals surface area contributed by atoms with Crippen LogP contribution in [0.2, 0.25) is 0 Å². The fourth-order valence-electron chi connectivity index (χ4n) is 1.95. The van der Waals surface area contributed by atoms with Crippen LogP contribution in [0.1, 0.15) is 26.7 Å². The Morgan fingerprint density at radius 2 is 2.27 bits per heavy atom. The van der Waals surface area contributed by atoms with E-state index in [1.165, 1.54) is 0 Å². The Balaban J connectivity index is 2.16. The van der Waals surface area contributed by atoms with Crippen LogP contribution < -0.4 is 5.32 Å². The molecule has 1 fully saturated rings. The molecule has 0 heterocycles. The highest BCUT2D eigenvalue weighted by Gasteiger charge is 2.41. The second-order valence-electron chi connectivity index (χ2n) is 4.13. The molecule has 0 bridgehead atoms. The van der Waals surface area contributed by atoms with Gasteiger partial charge in [-0.25, -0.2) is 0 Å². The standard InChI is InChI=1S/C11H23NO3/c1-4-15-10-7-9(11(10)14-3)12-6-5-8(2)13/h8-13H,4-7H2,1-3H3. The Morgan fingerprint density at radius 1 is 1.53 bits per heavy atom. The number of rotatable bonds is 7. The number of hydrogen-bond acceptors (Lipinski definition) is 4. The molecule has 1 rings (SSSR count). The Hall–Kier alpha value is -0.160. The van der Waals surface area contributed by atoms with E-state index in [0.29, 0.717) is 6.04 Å². The molecule has 4 heteroatoms. The second kappa shape index (κ2) is 6.43. The molecule has 0 saturated heterocycles. The van der Waals surface area contributed by atoms with Crippen LogP contribution in [0.4, 0.5) is 0 Å². The van der Waals surface area contributed by atoms with Gasteiger partial charge in [-0.05, 0) is 33.2 Å². The molecular formula is C11H23NO3. The molecular weight excluding hydrogens is 194 g/mol. The van der Waals surface area contributed by atoms with Gasteiger partial charge in [0.05, 0.1) is 18.3 Å². The molecule has 4 unspecified atom stereocenters. The Kier molecular flexibility index (Phi) is 5.53. The first kappa shape index (κ1) is 12.9. The first-order valence-electron chi connectivity index (χ1n) is 5.74. The normalized spacial score (nSPS) is 32.4. The molecule has 4 atom stereocenters. The van der Waals surface area contributed by atoms with Crippen molar-refractivity contribution in [2.24, 2.45) is 0 Å². The largest absolute Gasteiger partial charge is 0.393 e. The minimum Gasteiger partial charge on any atom is -0.393 e. The SMILES string of the molecule is CCOC1CC(NCCC(C)O)C1OC. The minimum absolute atomic E-state index is 0.166. The number of methoxy groups -OCH3 is 1. The van der Waals surface area contributed by atoms with E-state index in [9.17, 15) is 0 Å².